The van der Waals surface area contributed by atoms with Crippen LogP contribution in [-0.4, -0.2) is 22.5 Å². The molecule has 8 heteroatoms. The Labute approximate surface area is 159 Å². The minimum Gasteiger partial charge on any atom is -0.435 e. The van der Waals surface area contributed by atoms with Crippen LogP contribution in [0.4, 0.5) is 8.78 Å². The zero-order valence-electron chi connectivity index (χ0n) is 15.0. The molecule has 1 heterocycles. The highest BCUT2D eigenvalue weighted by Crippen LogP contribution is 2.15. The van der Waals surface area contributed by atoms with E-state index in [9.17, 15) is 18.4 Å². The van der Waals surface area contributed by atoms with E-state index >= 15 is 0 Å². The van der Waals surface area contributed by atoms with Crippen molar-refractivity contribution in [3.05, 3.63) is 70.3 Å². The molecule has 0 aliphatic heterocycles. The number of amides is 1. The number of aromatic amines is 1. The van der Waals surface area contributed by atoms with E-state index in [2.05, 4.69) is 20.0 Å². The molecular formula is C20H19F2N3O3. The average Bonchev–Trinajstić information content (AvgIpc) is 2.67. The molecule has 2 N–H and O–H groups in total. The smallest absolute Gasteiger partial charge is 0.387 e. The van der Waals surface area contributed by atoms with Crippen LogP contribution in [0.2, 0.25) is 0 Å². The lowest BCUT2D eigenvalue weighted by atomic mass is 10.2. The number of aromatic nitrogens is 2. The molecule has 0 aliphatic carbocycles. The first kappa shape index (κ1) is 19.5. The van der Waals surface area contributed by atoms with Crippen molar-refractivity contribution in [2.24, 2.45) is 0 Å². The standard InChI is InChI=1S/C20H19F2N3O3/c21-20(22)28-14-10-8-13(9-11-14)12-23-18(26)7-3-6-17-24-16-5-2-1-4-15(16)19(27)25-17/h1-2,4-5,8-11,20H,3,6-7,12H2,(H,23,26)(H,24,25,27). The van der Waals surface area contributed by atoms with E-state index in [0.717, 1.165) is 5.56 Å². The van der Waals surface area contributed by atoms with Crippen LogP contribution in [0.5, 0.6) is 5.75 Å². The monoisotopic (exact) mass is 387 g/mol. The van der Waals surface area contributed by atoms with E-state index in [4.69, 9.17) is 0 Å². The first-order valence-corrected chi connectivity index (χ1v) is 8.79. The number of fused-ring (bicyclic) bond motifs is 1. The second-order valence-corrected chi connectivity index (χ2v) is 6.18. The lowest BCUT2D eigenvalue weighted by Gasteiger charge is -2.07. The number of aryl methyl sites for hydroxylation is 1. The van der Waals surface area contributed by atoms with E-state index in [0.29, 0.717) is 36.1 Å². The van der Waals surface area contributed by atoms with Gasteiger partial charge in [-0.15, -0.1) is 0 Å². The highest BCUT2D eigenvalue weighted by atomic mass is 19.3. The summed E-state index contributed by atoms with van der Waals surface area (Å²) in [6.45, 7) is -2.57. The molecule has 0 aliphatic rings. The number of benzene rings is 2. The maximum absolute atomic E-state index is 12.1. The summed E-state index contributed by atoms with van der Waals surface area (Å²) in [5.74, 6) is 0.476. The fraction of sp³-hybridized carbons (Fsp3) is 0.250. The molecule has 1 aromatic heterocycles. The number of carbonyl (C=O) groups excluding carboxylic acids is 1. The Morgan fingerprint density at radius 2 is 1.89 bits per heavy atom. The quantitative estimate of drug-likeness (QED) is 0.622. The van der Waals surface area contributed by atoms with E-state index in [1.165, 1.54) is 12.1 Å². The van der Waals surface area contributed by atoms with E-state index in [-0.39, 0.29) is 23.6 Å². The normalized spacial score (nSPS) is 11.0. The van der Waals surface area contributed by atoms with E-state index in [1.807, 2.05) is 6.07 Å². The summed E-state index contributed by atoms with van der Waals surface area (Å²) < 4.78 is 28.5. The Morgan fingerprint density at radius 3 is 2.64 bits per heavy atom. The Kier molecular flexibility index (Phi) is 6.31. The Bertz CT molecular complexity index is 1000. The number of H-pyrrole nitrogens is 1. The van der Waals surface area contributed by atoms with Crippen LogP contribution in [0.25, 0.3) is 10.9 Å². The average molecular weight is 387 g/mol. The number of hydrogen-bond acceptors (Lipinski definition) is 4. The first-order chi connectivity index (χ1) is 13.5. The number of alkyl halides is 2. The van der Waals surface area contributed by atoms with Crippen LogP contribution < -0.4 is 15.6 Å². The van der Waals surface area contributed by atoms with Gasteiger partial charge in [0.05, 0.1) is 10.9 Å². The predicted molar refractivity (Wildman–Crippen MR) is 100 cm³/mol. The zero-order chi connectivity index (χ0) is 19.9. The van der Waals surface area contributed by atoms with Crippen molar-refractivity contribution in [2.45, 2.75) is 32.4 Å². The van der Waals surface area contributed by atoms with Crippen molar-refractivity contribution in [3.63, 3.8) is 0 Å². The van der Waals surface area contributed by atoms with Crippen molar-refractivity contribution < 1.29 is 18.3 Å². The third-order valence-corrected chi connectivity index (χ3v) is 4.12. The molecule has 0 atom stereocenters. The number of para-hydroxylation sites is 1. The summed E-state index contributed by atoms with van der Waals surface area (Å²) in [5, 5.41) is 3.30. The second kappa shape index (κ2) is 9.07. The van der Waals surface area contributed by atoms with Gasteiger partial charge in [0.15, 0.2) is 0 Å². The van der Waals surface area contributed by atoms with Crippen molar-refractivity contribution >= 4 is 16.8 Å². The molecule has 6 nitrogen and oxygen atoms in total. The highest BCUT2D eigenvalue weighted by Gasteiger charge is 2.07. The summed E-state index contributed by atoms with van der Waals surface area (Å²) >= 11 is 0. The van der Waals surface area contributed by atoms with Gasteiger partial charge in [-0.05, 0) is 36.2 Å². The molecule has 0 unspecified atom stereocenters. The van der Waals surface area contributed by atoms with E-state index in [1.54, 1.807) is 30.3 Å². The summed E-state index contributed by atoms with van der Waals surface area (Å²) in [6.07, 6.45) is 1.30. The lowest BCUT2D eigenvalue weighted by Crippen LogP contribution is -2.22. The summed E-state index contributed by atoms with van der Waals surface area (Å²) in [7, 11) is 0. The molecule has 146 valence electrons. The number of carbonyl (C=O) groups is 1. The summed E-state index contributed by atoms with van der Waals surface area (Å²) in [6, 6.07) is 13.2. The van der Waals surface area contributed by atoms with Crippen LogP contribution in [-0.2, 0) is 17.8 Å². The predicted octanol–water partition coefficient (Wildman–Crippen LogP) is 3.16. The molecule has 0 saturated heterocycles. The van der Waals surface area contributed by atoms with Gasteiger partial charge in [-0.1, -0.05) is 24.3 Å². The number of ether oxygens (including phenoxy) is 1. The van der Waals surface area contributed by atoms with Crippen molar-refractivity contribution in [2.75, 3.05) is 0 Å². The topological polar surface area (TPSA) is 84.1 Å². The molecule has 28 heavy (non-hydrogen) atoms. The number of hydrogen-bond donors (Lipinski definition) is 2. The molecule has 0 radical (unpaired) electrons. The number of nitrogens with one attached hydrogen (secondary N) is 2. The zero-order valence-corrected chi connectivity index (χ0v) is 15.0. The third kappa shape index (κ3) is 5.35. The molecule has 0 fully saturated rings. The number of halogens is 2. The van der Waals surface area contributed by atoms with Crippen LogP contribution in [0.15, 0.2) is 53.3 Å². The van der Waals surface area contributed by atoms with Crippen LogP contribution >= 0.6 is 0 Å². The third-order valence-electron chi connectivity index (χ3n) is 4.12. The van der Waals surface area contributed by atoms with Gasteiger partial charge in [0.2, 0.25) is 5.91 Å². The molecule has 0 spiro atoms. The van der Waals surface area contributed by atoms with Gasteiger partial charge in [0.25, 0.3) is 5.56 Å². The maximum atomic E-state index is 12.1. The van der Waals surface area contributed by atoms with Gasteiger partial charge in [0, 0.05) is 19.4 Å². The Morgan fingerprint density at radius 1 is 1.14 bits per heavy atom. The summed E-state index contributed by atoms with van der Waals surface area (Å²) in [4.78, 5) is 31.1. The fourth-order valence-electron chi connectivity index (χ4n) is 2.75. The molecule has 3 aromatic rings. The molecule has 2 aromatic carbocycles. The molecule has 0 saturated carbocycles. The Balaban J connectivity index is 1.45. The van der Waals surface area contributed by atoms with Gasteiger partial charge < -0.3 is 15.0 Å². The summed E-state index contributed by atoms with van der Waals surface area (Å²) in [5.41, 5.74) is 1.21. The molecular weight excluding hydrogens is 368 g/mol. The molecule has 3 rings (SSSR count). The first-order valence-electron chi connectivity index (χ1n) is 8.79. The van der Waals surface area contributed by atoms with Gasteiger partial charge in [-0.25, -0.2) is 4.98 Å². The highest BCUT2D eigenvalue weighted by molar-refractivity contribution is 5.77. The van der Waals surface area contributed by atoms with Crippen molar-refractivity contribution in [1.82, 2.24) is 15.3 Å². The van der Waals surface area contributed by atoms with Gasteiger partial charge in [-0.2, -0.15) is 8.78 Å². The van der Waals surface area contributed by atoms with Crippen molar-refractivity contribution in [3.8, 4) is 5.75 Å². The molecule has 0 bridgehead atoms. The van der Waals surface area contributed by atoms with Crippen LogP contribution in [0.1, 0.15) is 24.2 Å². The van der Waals surface area contributed by atoms with Gasteiger partial charge in [-0.3, -0.25) is 9.59 Å². The van der Waals surface area contributed by atoms with Crippen LogP contribution in [0, 0.1) is 0 Å². The minimum atomic E-state index is -2.86. The minimum absolute atomic E-state index is 0.0713. The SMILES string of the molecule is O=C(CCCc1nc2ccccc2c(=O)[nH]1)NCc1ccc(OC(F)F)cc1. The largest absolute Gasteiger partial charge is 0.435 e. The van der Waals surface area contributed by atoms with E-state index < -0.39 is 6.61 Å². The molecule has 1 amide bonds. The van der Waals surface area contributed by atoms with Crippen LogP contribution in [0.3, 0.4) is 0 Å². The maximum Gasteiger partial charge on any atom is 0.387 e. The lowest BCUT2D eigenvalue weighted by molar-refractivity contribution is -0.121. The Hall–Kier alpha value is -3.29. The number of rotatable bonds is 8. The van der Waals surface area contributed by atoms with Gasteiger partial charge in [0.1, 0.15) is 11.6 Å². The fourth-order valence-corrected chi connectivity index (χ4v) is 2.75. The van der Waals surface area contributed by atoms with Gasteiger partial charge >= 0.3 is 6.61 Å². The second-order valence-electron chi connectivity index (χ2n) is 6.18. The number of nitrogens with zero attached hydrogens (tertiary/aromatic N) is 1. The van der Waals surface area contributed by atoms with Crippen molar-refractivity contribution in [1.29, 1.82) is 0 Å².